The molecule has 0 aliphatic rings. The summed E-state index contributed by atoms with van der Waals surface area (Å²) in [7, 11) is 0. The molecule has 0 spiro atoms. The number of fused-ring (bicyclic) bond motifs is 3. The first kappa shape index (κ1) is 20.1. The molecule has 6 rings (SSSR count). The van der Waals surface area contributed by atoms with E-state index in [1.54, 1.807) is 0 Å². The van der Waals surface area contributed by atoms with Crippen LogP contribution in [0.4, 0.5) is 0 Å². The maximum atomic E-state index is 11.0. The second kappa shape index (κ2) is 8.12. The van der Waals surface area contributed by atoms with Gasteiger partial charge in [0.1, 0.15) is 5.52 Å². The van der Waals surface area contributed by atoms with E-state index < -0.39 is 0 Å². The normalized spacial score (nSPS) is 11.4. The summed E-state index contributed by atoms with van der Waals surface area (Å²) in [6.45, 7) is 2.53. The third-order valence-corrected chi connectivity index (χ3v) is 6.12. The third kappa shape index (κ3) is 3.38. The fraction of sp³-hybridized carbons (Fsp3) is 0.111. The second-order valence-electron chi connectivity index (χ2n) is 8.33. The predicted molar refractivity (Wildman–Crippen MR) is 131 cm³/mol. The lowest BCUT2D eigenvalue weighted by molar-refractivity contribution is 0.424. The molecule has 7 nitrogen and oxygen atoms in total. The maximum absolute atomic E-state index is 11.0. The Balaban J connectivity index is 1.49. The summed E-state index contributed by atoms with van der Waals surface area (Å²) < 4.78 is 3.51. The summed E-state index contributed by atoms with van der Waals surface area (Å²) in [5, 5.41) is 25.4. The van der Waals surface area contributed by atoms with Crippen molar-refractivity contribution in [1.82, 2.24) is 29.5 Å². The number of hydrogen-bond donors (Lipinski definition) is 1. The monoisotopic (exact) mass is 446 g/mol. The lowest BCUT2D eigenvalue weighted by Gasteiger charge is -2.07. The van der Waals surface area contributed by atoms with Crippen molar-refractivity contribution in [2.24, 2.45) is 0 Å². The van der Waals surface area contributed by atoms with Gasteiger partial charge >= 0.3 is 0 Å². The van der Waals surface area contributed by atoms with Crippen LogP contribution in [0.5, 0.6) is 5.88 Å². The van der Waals surface area contributed by atoms with Crippen LogP contribution >= 0.6 is 0 Å². The zero-order valence-corrected chi connectivity index (χ0v) is 18.6. The molecule has 3 heterocycles. The standard InChI is InChI=1S/C27H22N6O/c1-18-22(16-19-10-4-2-5-11-19)26(34)33(31-18)27-28-25-24(29-30-27)21-14-8-9-15-23(21)32(25)17-20-12-6-3-7-13-20/h2-15,34H,16-17H2,1H3. The van der Waals surface area contributed by atoms with Gasteiger partial charge in [-0.25, -0.2) is 0 Å². The SMILES string of the molecule is Cc1nn(-c2nnc3c4ccccc4n(Cc4ccccc4)c3n2)c(O)c1Cc1ccccc1. The molecule has 34 heavy (non-hydrogen) atoms. The highest BCUT2D eigenvalue weighted by Gasteiger charge is 2.20. The molecule has 166 valence electrons. The first-order chi connectivity index (χ1) is 16.7. The molecule has 0 fully saturated rings. The Morgan fingerprint density at radius 2 is 1.47 bits per heavy atom. The lowest BCUT2D eigenvalue weighted by Crippen LogP contribution is -2.07. The number of aryl methyl sites for hydroxylation is 1. The molecular weight excluding hydrogens is 424 g/mol. The number of aromatic hydroxyl groups is 1. The van der Waals surface area contributed by atoms with E-state index in [1.807, 2.05) is 73.7 Å². The summed E-state index contributed by atoms with van der Waals surface area (Å²) in [6.07, 6.45) is 0.572. The number of nitrogens with zero attached hydrogens (tertiary/aromatic N) is 6. The Kier molecular flexibility index (Phi) is 4.80. The van der Waals surface area contributed by atoms with Crippen molar-refractivity contribution in [2.45, 2.75) is 19.9 Å². The molecule has 0 atom stereocenters. The van der Waals surface area contributed by atoms with Crippen LogP contribution in [0, 0.1) is 6.92 Å². The van der Waals surface area contributed by atoms with Crippen LogP contribution in [0.3, 0.4) is 0 Å². The summed E-state index contributed by atoms with van der Waals surface area (Å²) in [6, 6.07) is 28.3. The predicted octanol–water partition coefficient (Wildman–Crippen LogP) is 4.82. The fourth-order valence-corrected chi connectivity index (χ4v) is 4.40. The first-order valence-electron chi connectivity index (χ1n) is 11.2. The van der Waals surface area contributed by atoms with Crippen molar-refractivity contribution < 1.29 is 5.11 Å². The van der Waals surface area contributed by atoms with E-state index in [4.69, 9.17) is 4.98 Å². The van der Waals surface area contributed by atoms with Gasteiger partial charge in [0.05, 0.1) is 11.2 Å². The van der Waals surface area contributed by atoms with Crippen molar-refractivity contribution in [1.29, 1.82) is 0 Å². The van der Waals surface area contributed by atoms with Crippen LogP contribution in [-0.4, -0.2) is 34.6 Å². The molecule has 0 saturated heterocycles. The van der Waals surface area contributed by atoms with Crippen LogP contribution in [0.25, 0.3) is 28.0 Å². The average Bonchev–Trinajstić information content (AvgIpc) is 3.34. The Morgan fingerprint density at radius 3 is 2.24 bits per heavy atom. The van der Waals surface area contributed by atoms with Crippen molar-refractivity contribution in [3.05, 3.63) is 107 Å². The minimum atomic E-state index is 0.0354. The zero-order chi connectivity index (χ0) is 23.1. The van der Waals surface area contributed by atoms with Crippen LogP contribution < -0.4 is 0 Å². The van der Waals surface area contributed by atoms with Crippen molar-refractivity contribution in [3.63, 3.8) is 0 Å². The molecule has 6 aromatic rings. The molecule has 3 aromatic carbocycles. The van der Waals surface area contributed by atoms with Crippen molar-refractivity contribution in [2.75, 3.05) is 0 Å². The van der Waals surface area contributed by atoms with Crippen LogP contribution in [-0.2, 0) is 13.0 Å². The Labute approximate surface area is 196 Å². The summed E-state index contributed by atoms with van der Waals surface area (Å²) in [5.41, 5.74) is 6.20. The van der Waals surface area contributed by atoms with Crippen molar-refractivity contribution >= 4 is 22.1 Å². The molecule has 0 unspecified atom stereocenters. The lowest BCUT2D eigenvalue weighted by atomic mass is 10.1. The number of aromatic nitrogens is 6. The number of para-hydroxylation sites is 1. The van der Waals surface area contributed by atoms with Gasteiger partial charge in [0.2, 0.25) is 5.88 Å². The topological polar surface area (TPSA) is 81.7 Å². The first-order valence-corrected chi connectivity index (χ1v) is 11.2. The van der Waals surface area contributed by atoms with E-state index in [1.165, 1.54) is 4.68 Å². The van der Waals surface area contributed by atoms with Gasteiger partial charge in [-0.3, -0.25) is 0 Å². The van der Waals surface area contributed by atoms with Gasteiger partial charge < -0.3 is 9.67 Å². The zero-order valence-electron chi connectivity index (χ0n) is 18.6. The molecule has 0 radical (unpaired) electrons. The van der Waals surface area contributed by atoms with Gasteiger partial charge in [0.15, 0.2) is 5.65 Å². The number of rotatable bonds is 5. The minimum Gasteiger partial charge on any atom is -0.493 e. The molecule has 0 saturated carbocycles. The Morgan fingerprint density at radius 1 is 0.794 bits per heavy atom. The maximum Gasteiger partial charge on any atom is 0.275 e. The molecular formula is C27H22N6O. The third-order valence-electron chi connectivity index (χ3n) is 6.12. The van der Waals surface area contributed by atoms with E-state index in [0.717, 1.165) is 38.8 Å². The summed E-state index contributed by atoms with van der Waals surface area (Å²) >= 11 is 0. The Hall–Kier alpha value is -4.52. The average molecular weight is 447 g/mol. The molecule has 0 bridgehead atoms. The smallest absolute Gasteiger partial charge is 0.275 e. The highest BCUT2D eigenvalue weighted by atomic mass is 16.3. The highest BCUT2D eigenvalue weighted by molar-refractivity contribution is 6.04. The van der Waals surface area contributed by atoms with Gasteiger partial charge in [0, 0.05) is 23.9 Å². The van der Waals surface area contributed by atoms with Gasteiger partial charge in [-0.1, -0.05) is 78.9 Å². The van der Waals surface area contributed by atoms with Crippen molar-refractivity contribution in [3.8, 4) is 11.8 Å². The largest absolute Gasteiger partial charge is 0.493 e. The molecule has 0 amide bonds. The van der Waals surface area contributed by atoms with Crippen LogP contribution in [0.1, 0.15) is 22.4 Å². The molecule has 0 aliphatic heterocycles. The van der Waals surface area contributed by atoms with Gasteiger partial charge in [-0.15, -0.1) is 10.2 Å². The summed E-state index contributed by atoms with van der Waals surface area (Å²) in [5.74, 6) is 0.276. The Bertz CT molecular complexity index is 1620. The molecule has 3 aromatic heterocycles. The van der Waals surface area contributed by atoms with E-state index in [2.05, 4.69) is 38.1 Å². The van der Waals surface area contributed by atoms with E-state index in [9.17, 15) is 5.11 Å². The van der Waals surface area contributed by atoms with Crippen LogP contribution in [0.2, 0.25) is 0 Å². The van der Waals surface area contributed by atoms with E-state index >= 15 is 0 Å². The number of hydrogen-bond acceptors (Lipinski definition) is 5. The van der Waals surface area contributed by atoms with Gasteiger partial charge in [-0.2, -0.15) is 14.8 Å². The molecule has 7 heteroatoms. The highest BCUT2D eigenvalue weighted by Crippen LogP contribution is 2.29. The van der Waals surface area contributed by atoms with Gasteiger partial charge in [0.25, 0.3) is 5.95 Å². The van der Waals surface area contributed by atoms with E-state index in [0.29, 0.717) is 18.6 Å². The van der Waals surface area contributed by atoms with Crippen LogP contribution in [0.15, 0.2) is 84.9 Å². The number of benzene rings is 3. The van der Waals surface area contributed by atoms with E-state index in [-0.39, 0.29) is 11.8 Å². The minimum absolute atomic E-state index is 0.0354. The molecule has 0 aliphatic carbocycles. The fourth-order valence-electron chi connectivity index (χ4n) is 4.40. The molecule has 1 N–H and O–H groups in total. The van der Waals surface area contributed by atoms with Gasteiger partial charge in [-0.05, 0) is 24.1 Å². The quantitative estimate of drug-likeness (QED) is 0.411. The summed E-state index contributed by atoms with van der Waals surface area (Å²) in [4.78, 5) is 4.83. The second-order valence-corrected chi connectivity index (χ2v) is 8.33.